The molecule has 0 aliphatic rings. The molecule has 2 rings (SSSR count). The smallest absolute Gasteiger partial charge is 0.243 e. The highest BCUT2D eigenvalue weighted by atomic mass is 16.2. The summed E-state index contributed by atoms with van der Waals surface area (Å²) in [4.78, 5) is 43.6. The van der Waals surface area contributed by atoms with Crippen LogP contribution >= 0.6 is 0 Å². The number of aromatic amines is 1. The molecule has 2 aromatic rings. The van der Waals surface area contributed by atoms with Crippen molar-refractivity contribution in [2.45, 2.75) is 50.2 Å². The van der Waals surface area contributed by atoms with Gasteiger partial charge in [0.05, 0.1) is 18.4 Å². The van der Waals surface area contributed by atoms with Crippen LogP contribution in [-0.2, 0) is 27.2 Å². The van der Waals surface area contributed by atoms with E-state index in [4.69, 9.17) is 11.5 Å². The zero-order chi connectivity index (χ0) is 21.8. The van der Waals surface area contributed by atoms with Crippen molar-refractivity contribution in [3.8, 4) is 0 Å². The average molecular weight is 415 g/mol. The molecule has 0 saturated heterocycles. The lowest BCUT2D eigenvalue weighted by atomic mass is 10.0. The number of aromatic nitrogens is 2. The second-order valence-corrected chi connectivity index (χ2v) is 7.17. The summed E-state index contributed by atoms with van der Waals surface area (Å²) in [5.41, 5.74) is 13.1. The minimum atomic E-state index is -0.857. The highest BCUT2D eigenvalue weighted by molar-refractivity contribution is 5.91. The van der Waals surface area contributed by atoms with E-state index in [1.54, 1.807) is 6.20 Å². The fraction of sp³-hybridized carbons (Fsp3) is 0.429. The summed E-state index contributed by atoms with van der Waals surface area (Å²) in [5.74, 6) is -0.878. The first-order chi connectivity index (χ1) is 14.5. The van der Waals surface area contributed by atoms with E-state index in [-0.39, 0.29) is 12.8 Å². The van der Waals surface area contributed by atoms with Crippen LogP contribution in [0.4, 0.5) is 0 Å². The lowest BCUT2D eigenvalue weighted by Crippen LogP contribution is -2.54. The van der Waals surface area contributed by atoms with E-state index in [1.807, 2.05) is 30.3 Å². The average Bonchev–Trinajstić information content (AvgIpc) is 3.26. The number of H-pyrrole nitrogens is 1. The van der Waals surface area contributed by atoms with E-state index in [0.717, 1.165) is 24.1 Å². The molecule has 9 nitrogen and oxygen atoms in total. The lowest BCUT2D eigenvalue weighted by molar-refractivity contribution is -0.130. The number of amides is 2. The molecule has 0 aliphatic carbocycles. The normalized spacial score (nSPS) is 13.8. The Morgan fingerprint density at radius 3 is 2.50 bits per heavy atom. The SMILES string of the molecule is NCCCC[C@H](C=O)NC(=O)[C@H](Cc1ccccc1)NC(=O)[C@@H](N)Cc1cnc[nH]1. The van der Waals surface area contributed by atoms with Crippen molar-refractivity contribution >= 4 is 18.1 Å². The number of nitrogens with one attached hydrogen (secondary N) is 3. The Hall–Kier alpha value is -3.04. The quantitative estimate of drug-likeness (QED) is 0.226. The topological polar surface area (TPSA) is 156 Å². The van der Waals surface area contributed by atoms with E-state index in [0.29, 0.717) is 19.3 Å². The van der Waals surface area contributed by atoms with Gasteiger partial charge in [-0.1, -0.05) is 30.3 Å². The van der Waals surface area contributed by atoms with Gasteiger partial charge in [0.2, 0.25) is 11.8 Å². The summed E-state index contributed by atoms with van der Waals surface area (Å²) in [5, 5.41) is 5.44. The van der Waals surface area contributed by atoms with Crippen LogP contribution < -0.4 is 22.1 Å². The van der Waals surface area contributed by atoms with Gasteiger partial charge in [0.25, 0.3) is 0 Å². The van der Waals surface area contributed by atoms with E-state index >= 15 is 0 Å². The van der Waals surface area contributed by atoms with Crippen LogP contribution in [0.15, 0.2) is 42.9 Å². The van der Waals surface area contributed by atoms with Gasteiger partial charge in [0.1, 0.15) is 12.3 Å². The van der Waals surface area contributed by atoms with Gasteiger partial charge in [0.15, 0.2) is 0 Å². The molecule has 2 amide bonds. The van der Waals surface area contributed by atoms with Gasteiger partial charge < -0.3 is 31.9 Å². The Bertz CT molecular complexity index is 781. The summed E-state index contributed by atoms with van der Waals surface area (Å²) in [6, 6.07) is 7.00. The summed E-state index contributed by atoms with van der Waals surface area (Å²) < 4.78 is 0. The number of rotatable bonds is 13. The number of carbonyl (C=O) groups excluding carboxylic acids is 3. The maximum absolute atomic E-state index is 12.9. The van der Waals surface area contributed by atoms with Crippen molar-refractivity contribution in [2.24, 2.45) is 11.5 Å². The third kappa shape index (κ3) is 7.76. The van der Waals surface area contributed by atoms with Gasteiger partial charge in [0, 0.05) is 24.7 Å². The number of carbonyl (C=O) groups is 3. The standard InChI is InChI=1S/C21H30N6O3/c22-9-5-4-8-16(13-28)26-21(30)19(10-15-6-2-1-3-7-15)27-20(29)18(23)11-17-12-24-14-25-17/h1-3,6-7,12-14,16,18-19H,4-5,8-11,22-23H2,(H,24,25)(H,26,30)(H,27,29)/t16-,18+,19+/m1/s1. The maximum atomic E-state index is 12.9. The first-order valence-electron chi connectivity index (χ1n) is 10.1. The number of unbranched alkanes of at least 4 members (excludes halogenated alkanes) is 1. The Morgan fingerprint density at radius 1 is 1.10 bits per heavy atom. The Morgan fingerprint density at radius 2 is 1.87 bits per heavy atom. The van der Waals surface area contributed by atoms with Crippen molar-refractivity contribution in [2.75, 3.05) is 6.54 Å². The van der Waals surface area contributed by atoms with Crippen LogP contribution in [0.2, 0.25) is 0 Å². The van der Waals surface area contributed by atoms with Gasteiger partial charge in [-0.15, -0.1) is 0 Å². The molecule has 0 fully saturated rings. The molecule has 3 atom stereocenters. The Labute approximate surface area is 176 Å². The minimum Gasteiger partial charge on any atom is -0.348 e. The summed E-state index contributed by atoms with van der Waals surface area (Å²) >= 11 is 0. The molecule has 1 aromatic heterocycles. The van der Waals surface area contributed by atoms with Crippen LogP contribution in [0, 0.1) is 0 Å². The van der Waals surface area contributed by atoms with E-state index < -0.39 is 29.9 Å². The Kier molecular flexibility index (Phi) is 9.69. The van der Waals surface area contributed by atoms with Gasteiger partial charge in [-0.25, -0.2) is 4.98 Å². The van der Waals surface area contributed by atoms with E-state index in [1.165, 1.54) is 6.33 Å². The number of nitrogens with two attached hydrogens (primary N) is 2. The second-order valence-electron chi connectivity index (χ2n) is 7.17. The van der Waals surface area contributed by atoms with Crippen LogP contribution in [0.1, 0.15) is 30.5 Å². The largest absolute Gasteiger partial charge is 0.348 e. The molecular weight excluding hydrogens is 384 g/mol. The molecule has 0 unspecified atom stereocenters. The van der Waals surface area contributed by atoms with Gasteiger partial charge >= 0.3 is 0 Å². The molecule has 0 saturated carbocycles. The fourth-order valence-corrected chi connectivity index (χ4v) is 3.03. The van der Waals surface area contributed by atoms with Crippen molar-refractivity contribution in [1.29, 1.82) is 0 Å². The predicted molar refractivity (Wildman–Crippen MR) is 113 cm³/mol. The first kappa shape index (κ1) is 23.2. The summed E-state index contributed by atoms with van der Waals surface area (Å²) in [7, 11) is 0. The number of aldehydes is 1. The third-order valence-electron chi connectivity index (χ3n) is 4.71. The molecule has 0 aliphatic heterocycles. The maximum Gasteiger partial charge on any atom is 0.243 e. The lowest BCUT2D eigenvalue weighted by Gasteiger charge is -2.22. The van der Waals surface area contributed by atoms with Crippen LogP contribution in [0.25, 0.3) is 0 Å². The molecule has 162 valence electrons. The molecular formula is C21H30N6O3. The van der Waals surface area contributed by atoms with Crippen molar-refractivity contribution in [3.63, 3.8) is 0 Å². The minimum absolute atomic E-state index is 0.265. The molecule has 0 bridgehead atoms. The number of hydrogen-bond donors (Lipinski definition) is 5. The van der Waals surface area contributed by atoms with Crippen LogP contribution in [0.5, 0.6) is 0 Å². The monoisotopic (exact) mass is 414 g/mol. The van der Waals surface area contributed by atoms with Gasteiger partial charge in [-0.2, -0.15) is 0 Å². The molecule has 1 aromatic carbocycles. The zero-order valence-electron chi connectivity index (χ0n) is 16.9. The summed E-state index contributed by atoms with van der Waals surface area (Å²) in [6.45, 7) is 0.528. The molecule has 7 N–H and O–H groups in total. The molecule has 9 heteroatoms. The predicted octanol–water partition coefficient (Wildman–Crippen LogP) is -0.180. The molecule has 1 heterocycles. The fourth-order valence-electron chi connectivity index (χ4n) is 3.03. The first-order valence-corrected chi connectivity index (χ1v) is 10.1. The number of imidazole rings is 1. The van der Waals surface area contributed by atoms with E-state index in [9.17, 15) is 14.4 Å². The second kappa shape index (κ2) is 12.5. The zero-order valence-corrected chi connectivity index (χ0v) is 16.9. The molecule has 0 spiro atoms. The third-order valence-corrected chi connectivity index (χ3v) is 4.71. The van der Waals surface area contributed by atoms with Crippen molar-refractivity contribution in [1.82, 2.24) is 20.6 Å². The van der Waals surface area contributed by atoms with Crippen LogP contribution in [0.3, 0.4) is 0 Å². The van der Waals surface area contributed by atoms with Crippen molar-refractivity contribution in [3.05, 3.63) is 54.1 Å². The number of benzene rings is 1. The Balaban J connectivity index is 2.04. The van der Waals surface area contributed by atoms with Crippen molar-refractivity contribution < 1.29 is 14.4 Å². The number of nitrogens with zero attached hydrogens (tertiary/aromatic N) is 1. The highest BCUT2D eigenvalue weighted by Gasteiger charge is 2.26. The highest BCUT2D eigenvalue weighted by Crippen LogP contribution is 2.06. The van der Waals surface area contributed by atoms with Gasteiger partial charge in [-0.3, -0.25) is 9.59 Å². The molecule has 30 heavy (non-hydrogen) atoms. The van der Waals surface area contributed by atoms with Gasteiger partial charge in [-0.05, 0) is 31.4 Å². The van der Waals surface area contributed by atoms with E-state index in [2.05, 4.69) is 20.6 Å². The number of hydrogen-bond acceptors (Lipinski definition) is 6. The molecule has 0 radical (unpaired) electrons. The van der Waals surface area contributed by atoms with Crippen LogP contribution in [-0.4, -0.2) is 52.7 Å². The summed E-state index contributed by atoms with van der Waals surface area (Å²) in [6.07, 6.45) is 6.35.